The number of hydrogen-bond donors (Lipinski definition) is 1. The van der Waals surface area contributed by atoms with Crippen LogP contribution in [0.25, 0.3) is 0 Å². The summed E-state index contributed by atoms with van der Waals surface area (Å²) >= 11 is 0. The molecule has 1 aromatic carbocycles. The van der Waals surface area contributed by atoms with E-state index in [1.54, 1.807) is 0 Å². The van der Waals surface area contributed by atoms with Crippen LogP contribution in [-0.2, 0) is 11.2 Å². The minimum Gasteiger partial charge on any atom is -0.481 e. The van der Waals surface area contributed by atoms with Gasteiger partial charge in [-0.3, -0.25) is 4.79 Å². The van der Waals surface area contributed by atoms with Crippen LogP contribution in [0.2, 0.25) is 0 Å². The maximum absolute atomic E-state index is 13.3. The first-order valence-corrected chi connectivity index (χ1v) is 5.20. The average molecular weight is 266 g/mol. The third-order valence-corrected chi connectivity index (χ3v) is 2.14. The highest BCUT2D eigenvalue weighted by Gasteiger charge is 2.09. The molecule has 0 aliphatic heterocycles. The van der Waals surface area contributed by atoms with E-state index in [1.807, 2.05) is 0 Å². The Labute approximate surface area is 106 Å². The fourth-order valence-electron chi connectivity index (χ4n) is 1.36. The Morgan fingerprint density at radius 1 is 1.26 bits per heavy atom. The van der Waals surface area contributed by atoms with Crippen molar-refractivity contribution >= 4 is 5.97 Å². The highest BCUT2D eigenvalue weighted by molar-refractivity contribution is 5.69. The van der Waals surface area contributed by atoms with Crippen molar-refractivity contribution in [2.45, 2.75) is 6.42 Å². The van der Waals surface area contributed by atoms with Crippen LogP contribution in [0.5, 0.6) is 11.6 Å². The number of benzene rings is 1. The van der Waals surface area contributed by atoms with Gasteiger partial charge in [0.25, 0.3) is 0 Å². The Bertz CT molecular complexity index is 620. The van der Waals surface area contributed by atoms with Crippen LogP contribution in [0.15, 0.2) is 30.6 Å². The molecular weight excluding hydrogens is 258 g/mol. The molecule has 0 atom stereocenters. The van der Waals surface area contributed by atoms with Gasteiger partial charge in [0, 0.05) is 12.1 Å². The Kier molecular flexibility index (Phi) is 3.65. The van der Waals surface area contributed by atoms with Gasteiger partial charge in [0.05, 0.1) is 12.1 Å². The van der Waals surface area contributed by atoms with Crippen LogP contribution in [-0.4, -0.2) is 21.0 Å². The standard InChI is InChI=1S/C12H8F2N2O3/c13-7-1-2-10(9(14)3-7)19-11-4-8(5-12(17)18)15-6-16-11/h1-4,6H,5H2,(H,17,18). The summed E-state index contributed by atoms with van der Waals surface area (Å²) in [6.45, 7) is 0. The molecule has 5 nitrogen and oxygen atoms in total. The number of halogens is 2. The van der Waals surface area contributed by atoms with Crippen molar-refractivity contribution in [3.63, 3.8) is 0 Å². The van der Waals surface area contributed by atoms with Gasteiger partial charge in [-0.1, -0.05) is 0 Å². The number of rotatable bonds is 4. The number of hydrogen-bond acceptors (Lipinski definition) is 4. The Morgan fingerprint density at radius 2 is 2.05 bits per heavy atom. The van der Waals surface area contributed by atoms with Gasteiger partial charge >= 0.3 is 5.97 Å². The average Bonchev–Trinajstić information content (AvgIpc) is 2.32. The first-order valence-electron chi connectivity index (χ1n) is 5.20. The SMILES string of the molecule is O=C(O)Cc1cc(Oc2ccc(F)cc2F)ncn1. The van der Waals surface area contributed by atoms with Crippen LogP contribution in [0, 0.1) is 11.6 Å². The molecule has 0 aliphatic carbocycles. The largest absolute Gasteiger partial charge is 0.481 e. The molecule has 0 unspecified atom stereocenters. The van der Waals surface area contributed by atoms with Crippen LogP contribution in [0.4, 0.5) is 8.78 Å². The molecular formula is C12H8F2N2O3. The summed E-state index contributed by atoms with van der Waals surface area (Å²) in [4.78, 5) is 18.0. The molecule has 0 aliphatic rings. The molecule has 0 radical (unpaired) electrons. The quantitative estimate of drug-likeness (QED) is 0.918. The molecule has 0 amide bonds. The number of carboxylic acid groups (broad SMARTS) is 1. The number of nitrogens with zero attached hydrogens (tertiary/aromatic N) is 2. The summed E-state index contributed by atoms with van der Waals surface area (Å²) in [6, 6.07) is 4.10. The fraction of sp³-hybridized carbons (Fsp3) is 0.0833. The van der Waals surface area contributed by atoms with E-state index in [1.165, 1.54) is 6.07 Å². The second-order valence-corrected chi connectivity index (χ2v) is 3.59. The minimum atomic E-state index is -1.06. The summed E-state index contributed by atoms with van der Waals surface area (Å²) in [5, 5.41) is 8.62. The molecule has 19 heavy (non-hydrogen) atoms. The molecule has 1 aromatic heterocycles. The maximum Gasteiger partial charge on any atom is 0.309 e. The van der Waals surface area contributed by atoms with E-state index in [4.69, 9.17) is 9.84 Å². The van der Waals surface area contributed by atoms with Crippen molar-refractivity contribution in [3.05, 3.63) is 47.9 Å². The molecule has 0 bridgehead atoms. The molecule has 7 heteroatoms. The second kappa shape index (κ2) is 5.38. The topological polar surface area (TPSA) is 72.3 Å². The van der Waals surface area contributed by atoms with Crippen LogP contribution < -0.4 is 4.74 Å². The van der Waals surface area contributed by atoms with E-state index < -0.39 is 17.6 Å². The van der Waals surface area contributed by atoms with Gasteiger partial charge in [-0.2, -0.15) is 0 Å². The summed E-state index contributed by atoms with van der Waals surface area (Å²) in [5.74, 6) is -2.88. The lowest BCUT2D eigenvalue weighted by molar-refractivity contribution is -0.136. The lowest BCUT2D eigenvalue weighted by Crippen LogP contribution is -2.03. The van der Waals surface area contributed by atoms with Crippen molar-refractivity contribution in [2.24, 2.45) is 0 Å². The van der Waals surface area contributed by atoms with Gasteiger partial charge in [0.15, 0.2) is 11.6 Å². The van der Waals surface area contributed by atoms with Gasteiger partial charge < -0.3 is 9.84 Å². The molecule has 2 aromatic rings. The van der Waals surface area contributed by atoms with Crippen molar-refractivity contribution in [1.82, 2.24) is 9.97 Å². The number of carboxylic acids is 1. The first kappa shape index (κ1) is 12.9. The van der Waals surface area contributed by atoms with Crippen LogP contribution in [0.1, 0.15) is 5.69 Å². The third-order valence-electron chi connectivity index (χ3n) is 2.14. The normalized spacial score (nSPS) is 10.2. The van der Waals surface area contributed by atoms with Crippen molar-refractivity contribution in [1.29, 1.82) is 0 Å². The van der Waals surface area contributed by atoms with E-state index in [9.17, 15) is 13.6 Å². The monoisotopic (exact) mass is 266 g/mol. The van der Waals surface area contributed by atoms with Gasteiger partial charge in [0.1, 0.15) is 12.1 Å². The number of aromatic nitrogens is 2. The lowest BCUT2D eigenvalue weighted by Gasteiger charge is -2.06. The predicted molar refractivity (Wildman–Crippen MR) is 59.8 cm³/mol. The zero-order valence-electron chi connectivity index (χ0n) is 9.51. The number of aliphatic carboxylic acids is 1. The molecule has 0 fully saturated rings. The lowest BCUT2D eigenvalue weighted by atomic mass is 10.3. The molecule has 0 saturated carbocycles. The van der Waals surface area contributed by atoms with Crippen LogP contribution in [0.3, 0.4) is 0 Å². The fourth-order valence-corrected chi connectivity index (χ4v) is 1.36. The van der Waals surface area contributed by atoms with E-state index in [0.29, 0.717) is 6.07 Å². The second-order valence-electron chi connectivity index (χ2n) is 3.59. The van der Waals surface area contributed by atoms with E-state index >= 15 is 0 Å². The van der Waals surface area contributed by atoms with Crippen molar-refractivity contribution < 1.29 is 23.4 Å². The van der Waals surface area contributed by atoms with E-state index in [-0.39, 0.29) is 23.7 Å². The van der Waals surface area contributed by atoms with E-state index in [2.05, 4.69) is 9.97 Å². The van der Waals surface area contributed by atoms with E-state index in [0.717, 1.165) is 18.5 Å². The first-order chi connectivity index (χ1) is 9.04. The third kappa shape index (κ3) is 3.44. The van der Waals surface area contributed by atoms with Crippen molar-refractivity contribution in [3.8, 4) is 11.6 Å². The highest BCUT2D eigenvalue weighted by atomic mass is 19.1. The van der Waals surface area contributed by atoms with Gasteiger partial charge in [-0.15, -0.1) is 0 Å². The summed E-state index contributed by atoms with van der Waals surface area (Å²) in [5.41, 5.74) is 0.222. The van der Waals surface area contributed by atoms with Gasteiger partial charge in [0.2, 0.25) is 5.88 Å². The summed E-state index contributed by atoms with van der Waals surface area (Å²) in [6.07, 6.45) is 0.805. The predicted octanol–water partition coefficient (Wildman–Crippen LogP) is 2.17. The summed E-state index contributed by atoms with van der Waals surface area (Å²) < 4.78 is 31.2. The summed E-state index contributed by atoms with van der Waals surface area (Å²) in [7, 11) is 0. The Balaban J connectivity index is 2.21. The molecule has 1 heterocycles. The minimum absolute atomic E-state index is 0.0169. The molecule has 98 valence electrons. The van der Waals surface area contributed by atoms with Crippen molar-refractivity contribution in [2.75, 3.05) is 0 Å². The Hall–Kier alpha value is -2.57. The maximum atomic E-state index is 13.3. The zero-order chi connectivity index (χ0) is 13.8. The Morgan fingerprint density at radius 3 is 2.74 bits per heavy atom. The number of carbonyl (C=O) groups is 1. The molecule has 1 N–H and O–H groups in total. The number of ether oxygens (including phenoxy) is 1. The highest BCUT2D eigenvalue weighted by Crippen LogP contribution is 2.23. The van der Waals surface area contributed by atoms with Gasteiger partial charge in [-0.25, -0.2) is 18.7 Å². The smallest absolute Gasteiger partial charge is 0.309 e. The molecule has 0 saturated heterocycles. The van der Waals surface area contributed by atoms with Gasteiger partial charge in [-0.05, 0) is 12.1 Å². The molecule has 0 spiro atoms. The molecule has 2 rings (SSSR count). The zero-order valence-corrected chi connectivity index (χ0v) is 9.51. The van der Waals surface area contributed by atoms with Crippen LogP contribution >= 0.6 is 0 Å².